The number of hydrogen-bond donors (Lipinski definition) is 2. The van der Waals surface area contributed by atoms with Gasteiger partial charge in [-0.1, -0.05) is 18.6 Å². The zero-order chi connectivity index (χ0) is 15.1. The first-order valence-corrected chi connectivity index (χ1v) is 8.73. The Labute approximate surface area is 131 Å². The molecule has 0 aromatic heterocycles. The lowest BCUT2D eigenvalue weighted by molar-refractivity contribution is 0.102. The Hall–Kier alpha value is -0.910. The number of ether oxygens (including phenoxy) is 2. The number of methoxy groups -OCH3 is 1. The van der Waals surface area contributed by atoms with Crippen LogP contribution >= 0.6 is 11.8 Å². The Morgan fingerprint density at radius 3 is 2.81 bits per heavy atom. The zero-order valence-corrected chi connectivity index (χ0v) is 13.6. The van der Waals surface area contributed by atoms with Crippen LogP contribution in [0, 0.1) is 0 Å². The van der Waals surface area contributed by atoms with Gasteiger partial charge < -0.3 is 19.9 Å². The summed E-state index contributed by atoms with van der Waals surface area (Å²) in [5, 5.41) is 14.2. The Morgan fingerprint density at radius 2 is 2.10 bits per heavy atom. The van der Waals surface area contributed by atoms with E-state index in [1.807, 2.05) is 36.0 Å². The minimum atomic E-state index is -0.516. The molecule has 3 unspecified atom stereocenters. The number of rotatable bonds is 8. The zero-order valence-electron chi connectivity index (χ0n) is 12.7. The van der Waals surface area contributed by atoms with Crippen LogP contribution in [0.4, 0.5) is 0 Å². The summed E-state index contributed by atoms with van der Waals surface area (Å²) in [6.07, 6.45) is 5.39. The molecule has 2 rings (SSSR count). The van der Waals surface area contributed by atoms with Gasteiger partial charge in [0.05, 0.1) is 7.11 Å². The highest BCUT2D eigenvalue weighted by atomic mass is 32.2. The predicted molar refractivity (Wildman–Crippen MR) is 87.4 cm³/mol. The summed E-state index contributed by atoms with van der Waals surface area (Å²) >= 11 is 1.92. The molecule has 1 aliphatic carbocycles. The van der Waals surface area contributed by atoms with E-state index < -0.39 is 6.10 Å². The fourth-order valence-corrected chi connectivity index (χ4v) is 3.68. The van der Waals surface area contributed by atoms with Crippen LogP contribution in [-0.4, -0.2) is 49.0 Å². The van der Waals surface area contributed by atoms with Crippen LogP contribution in [-0.2, 0) is 0 Å². The summed E-state index contributed by atoms with van der Waals surface area (Å²) in [7, 11) is 1.61. The van der Waals surface area contributed by atoms with Crippen molar-refractivity contribution in [2.75, 3.05) is 26.5 Å². The van der Waals surface area contributed by atoms with Gasteiger partial charge in [0.1, 0.15) is 12.7 Å². The van der Waals surface area contributed by atoms with Gasteiger partial charge in [-0.15, -0.1) is 0 Å². The maximum absolute atomic E-state index is 10.1. The smallest absolute Gasteiger partial charge is 0.161 e. The summed E-state index contributed by atoms with van der Waals surface area (Å²) < 4.78 is 10.9. The Balaban J connectivity index is 1.73. The van der Waals surface area contributed by atoms with Crippen molar-refractivity contribution in [3.63, 3.8) is 0 Å². The third kappa shape index (κ3) is 4.80. The van der Waals surface area contributed by atoms with Crippen LogP contribution in [0.25, 0.3) is 0 Å². The van der Waals surface area contributed by atoms with E-state index in [0.717, 1.165) is 0 Å². The lowest BCUT2D eigenvalue weighted by atomic mass is 10.2. The molecule has 1 saturated carbocycles. The first-order valence-electron chi connectivity index (χ1n) is 7.44. The van der Waals surface area contributed by atoms with Crippen molar-refractivity contribution in [2.45, 2.75) is 36.7 Å². The molecule has 4 nitrogen and oxygen atoms in total. The molecule has 0 radical (unpaired) electrons. The van der Waals surface area contributed by atoms with Gasteiger partial charge in [0, 0.05) is 17.8 Å². The monoisotopic (exact) mass is 311 g/mol. The van der Waals surface area contributed by atoms with Crippen LogP contribution in [0.15, 0.2) is 24.3 Å². The van der Waals surface area contributed by atoms with Gasteiger partial charge in [-0.2, -0.15) is 11.8 Å². The quantitative estimate of drug-likeness (QED) is 0.771. The minimum absolute atomic E-state index is 0.268. The van der Waals surface area contributed by atoms with E-state index in [1.54, 1.807) is 7.11 Å². The average Bonchev–Trinajstić information content (AvgIpc) is 2.98. The van der Waals surface area contributed by atoms with E-state index in [4.69, 9.17) is 9.47 Å². The highest BCUT2D eigenvalue weighted by molar-refractivity contribution is 7.99. The van der Waals surface area contributed by atoms with E-state index >= 15 is 0 Å². The van der Waals surface area contributed by atoms with Gasteiger partial charge in [-0.3, -0.25) is 0 Å². The molecule has 0 amide bonds. The van der Waals surface area contributed by atoms with Gasteiger partial charge in [-0.25, -0.2) is 0 Å². The predicted octanol–water partition coefficient (Wildman–Crippen LogP) is 2.31. The minimum Gasteiger partial charge on any atom is -0.493 e. The second-order valence-electron chi connectivity index (χ2n) is 5.34. The van der Waals surface area contributed by atoms with E-state index in [0.29, 0.717) is 29.3 Å². The topological polar surface area (TPSA) is 50.7 Å². The number of aliphatic hydroxyl groups is 1. The molecule has 2 N–H and O–H groups in total. The Bertz CT molecular complexity index is 430. The van der Waals surface area contributed by atoms with Gasteiger partial charge in [0.25, 0.3) is 0 Å². The fourth-order valence-electron chi connectivity index (χ4n) is 2.71. The molecule has 1 aromatic rings. The highest BCUT2D eigenvalue weighted by Gasteiger charge is 2.26. The lowest BCUT2D eigenvalue weighted by Crippen LogP contribution is -2.40. The molecule has 5 heteroatoms. The maximum Gasteiger partial charge on any atom is 0.161 e. The SMILES string of the molecule is COc1ccccc1OCC(O)CNC1CCCC1SC. The molecule has 0 spiro atoms. The molecule has 0 bridgehead atoms. The highest BCUT2D eigenvalue weighted by Crippen LogP contribution is 2.28. The average molecular weight is 311 g/mol. The van der Waals surface area contributed by atoms with Crippen molar-refractivity contribution >= 4 is 11.8 Å². The second-order valence-corrected chi connectivity index (χ2v) is 6.41. The molecular weight excluding hydrogens is 286 g/mol. The summed E-state index contributed by atoms with van der Waals surface area (Å²) in [4.78, 5) is 0. The van der Waals surface area contributed by atoms with Crippen molar-refractivity contribution in [1.29, 1.82) is 0 Å². The number of hydrogen-bond acceptors (Lipinski definition) is 5. The molecule has 0 aliphatic heterocycles. The van der Waals surface area contributed by atoms with Crippen LogP contribution in [0.3, 0.4) is 0 Å². The summed E-state index contributed by atoms with van der Waals surface area (Å²) in [6.45, 7) is 0.834. The van der Waals surface area contributed by atoms with Gasteiger partial charge in [-0.05, 0) is 31.2 Å². The summed E-state index contributed by atoms with van der Waals surface area (Å²) in [5.74, 6) is 1.36. The van der Waals surface area contributed by atoms with Crippen LogP contribution in [0.2, 0.25) is 0 Å². The van der Waals surface area contributed by atoms with Crippen molar-refractivity contribution < 1.29 is 14.6 Å². The molecule has 1 aromatic carbocycles. The molecule has 1 aliphatic rings. The number of nitrogens with one attached hydrogen (secondary N) is 1. The summed E-state index contributed by atoms with van der Waals surface area (Å²) in [5.41, 5.74) is 0. The fraction of sp³-hybridized carbons (Fsp3) is 0.625. The standard InChI is InChI=1S/C16H25NO3S/c1-19-14-7-3-4-8-15(14)20-11-12(18)10-17-13-6-5-9-16(13)21-2/h3-4,7-8,12-13,16-18H,5-6,9-11H2,1-2H3. The Morgan fingerprint density at radius 1 is 1.33 bits per heavy atom. The molecule has 0 saturated heterocycles. The molecule has 3 atom stereocenters. The van der Waals surface area contributed by atoms with Crippen LogP contribution < -0.4 is 14.8 Å². The maximum atomic E-state index is 10.1. The number of para-hydroxylation sites is 2. The summed E-state index contributed by atoms with van der Waals surface area (Å²) in [6, 6.07) is 8.00. The van der Waals surface area contributed by atoms with Gasteiger partial charge >= 0.3 is 0 Å². The van der Waals surface area contributed by atoms with Crippen molar-refractivity contribution in [3.8, 4) is 11.5 Å². The Kier molecular flexibility index (Phi) is 6.67. The van der Waals surface area contributed by atoms with E-state index in [1.165, 1.54) is 19.3 Å². The van der Waals surface area contributed by atoms with Crippen LogP contribution in [0.1, 0.15) is 19.3 Å². The third-order valence-electron chi connectivity index (χ3n) is 3.87. The van der Waals surface area contributed by atoms with E-state index in [2.05, 4.69) is 11.6 Å². The molecule has 21 heavy (non-hydrogen) atoms. The lowest BCUT2D eigenvalue weighted by Gasteiger charge is -2.21. The van der Waals surface area contributed by atoms with E-state index in [-0.39, 0.29) is 6.61 Å². The molecule has 1 fully saturated rings. The number of benzene rings is 1. The van der Waals surface area contributed by atoms with Gasteiger partial charge in [0.2, 0.25) is 0 Å². The number of thioether (sulfide) groups is 1. The second kappa shape index (κ2) is 8.51. The molecule has 0 heterocycles. The third-order valence-corrected chi connectivity index (χ3v) is 5.04. The largest absolute Gasteiger partial charge is 0.493 e. The first kappa shape index (κ1) is 16.5. The van der Waals surface area contributed by atoms with E-state index in [9.17, 15) is 5.11 Å². The van der Waals surface area contributed by atoms with Crippen molar-refractivity contribution in [1.82, 2.24) is 5.32 Å². The first-order chi connectivity index (χ1) is 10.2. The van der Waals surface area contributed by atoms with Crippen molar-refractivity contribution in [3.05, 3.63) is 24.3 Å². The normalized spacial score (nSPS) is 23.0. The van der Waals surface area contributed by atoms with Crippen LogP contribution in [0.5, 0.6) is 11.5 Å². The van der Waals surface area contributed by atoms with Gasteiger partial charge in [0.15, 0.2) is 11.5 Å². The molecular formula is C16H25NO3S. The molecule has 118 valence electrons. The van der Waals surface area contributed by atoms with Crippen molar-refractivity contribution in [2.24, 2.45) is 0 Å². The number of aliphatic hydroxyl groups excluding tert-OH is 1.